The molecular weight excluding hydrogens is 311 g/mol. The van der Waals surface area contributed by atoms with E-state index in [1.54, 1.807) is 0 Å². The standard InChI is InChI=1S/C16H12F3NOS/c17-16(18,19)10-2-1-3-11(7-10)20-14(21)12-8-4-5-9(6-8)13(12)15(20)22/h1-5,7-9,12-13H,6H2/t8?,9?,12-,13+/m0/s1. The molecule has 1 aromatic rings. The SMILES string of the molecule is O=C1[C@H]2C3C=CC(C3)[C@H]2C(=S)N1c1cccc(C(F)(F)F)c1. The van der Waals surface area contributed by atoms with Crippen molar-refractivity contribution in [2.24, 2.45) is 23.7 Å². The van der Waals surface area contributed by atoms with Gasteiger partial charge in [0.2, 0.25) is 5.91 Å². The maximum absolute atomic E-state index is 12.9. The van der Waals surface area contributed by atoms with Gasteiger partial charge in [-0.15, -0.1) is 0 Å². The second kappa shape index (κ2) is 4.41. The van der Waals surface area contributed by atoms with Crippen molar-refractivity contribution < 1.29 is 18.0 Å². The first-order valence-electron chi connectivity index (χ1n) is 7.11. The van der Waals surface area contributed by atoms with E-state index in [4.69, 9.17) is 12.2 Å². The van der Waals surface area contributed by atoms with Gasteiger partial charge < -0.3 is 0 Å². The van der Waals surface area contributed by atoms with Crippen molar-refractivity contribution >= 4 is 28.8 Å². The van der Waals surface area contributed by atoms with Gasteiger partial charge in [0.25, 0.3) is 0 Å². The predicted molar refractivity (Wildman–Crippen MR) is 79.2 cm³/mol. The lowest BCUT2D eigenvalue weighted by Gasteiger charge is -2.20. The van der Waals surface area contributed by atoms with E-state index in [9.17, 15) is 18.0 Å². The summed E-state index contributed by atoms with van der Waals surface area (Å²) in [7, 11) is 0. The zero-order chi connectivity index (χ0) is 15.6. The summed E-state index contributed by atoms with van der Waals surface area (Å²) in [4.78, 5) is 14.4. The molecule has 6 heteroatoms. The number of hydrogen-bond donors (Lipinski definition) is 0. The molecule has 3 aliphatic rings. The Morgan fingerprint density at radius 2 is 1.82 bits per heavy atom. The average Bonchev–Trinajstić information content (AvgIpc) is 3.12. The normalized spacial score (nSPS) is 33.0. The Hall–Kier alpha value is -1.69. The Morgan fingerprint density at radius 3 is 2.45 bits per heavy atom. The largest absolute Gasteiger partial charge is 0.416 e. The van der Waals surface area contributed by atoms with E-state index in [0.29, 0.717) is 4.99 Å². The third-order valence-electron chi connectivity index (χ3n) is 4.90. The molecule has 0 spiro atoms. The molecule has 0 radical (unpaired) electrons. The van der Waals surface area contributed by atoms with Gasteiger partial charge in [-0.1, -0.05) is 30.4 Å². The minimum Gasteiger partial charge on any atom is -0.274 e. The fourth-order valence-electron chi connectivity index (χ4n) is 3.98. The van der Waals surface area contributed by atoms with Crippen LogP contribution in [0.3, 0.4) is 0 Å². The first kappa shape index (κ1) is 13.9. The van der Waals surface area contributed by atoms with Crippen molar-refractivity contribution in [3.05, 3.63) is 42.0 Å². The molecule has 0 aromatic heterocycles. The molecule has 4 atom stereocenters. The van der Waals surface area contributed by atoms with Crippen LogP contribution in [0.2, 0.25) is 0 Å². The van der Waals surface area contributed by atoms with Crippen LogP contribution < -0.4 is 4.90 Å². The highest BCUT2D eigenvalue weighted by atomic mass is 32.1. The summed E-state index contributed by atoms with van der Waals surface area (Å²) in [6.07, 6.45) is 0.623. The number of rotatable bonds is 1. The van der Waals surface area contributed by atoms with Crippen LogP contribution in [0.5, 0.6) is 0 Å². The smallest absolute Gasteiger partial charge is 0.274 e. The lowest BCUT2D eigenvalue weighted by atomic mass is 9.86. The molecular formula is C16H12F3NOS. The lowest BCUT2D eigenvalue weighted by Crippen LogP contribution is -2.32. The quantitative estimate of drug-likeness (QED) is 0.578. The molecule has 22 heavy (non-hydrogen) atoms. The number of carbonyl (C=O) groups excluding carboxylic acids is 1. The average molecular weight is 323 g/mol. The molecule has 1 aliphatic heterocycles. The maximum atomic E-state index is 12.9. The van der Waals surface area contributed by atoms with E-state index in [-0.39, 0.29) is 35.3 Å². The lowest BCUT2D eigenvalue weighted by molar-refractivity contribution is -0.137. The highest BCUT2D eigenvalue weighted by molar-refractivity contribution is 7.80. The van der Waals surface area contributed by atoms with E-state index in [1.165, 1.54) is 17.0 Å². The van der Waals surface area contributed by atoms with E-state index >= 15 is 0 Å². The molecule has 2 aliphatic carbocycles. The number of fused-ring (bicyclic) bond motifs is 5. The molecule has 2 fully saturated rings. The number of amides is 1. The molecule has 4 rings (SSSR count). The predicted octanol–water partition coefficient (Wildman–Crippen LogP) is 3.82. The second-order valence-electron chi connectivity index (χ2n) is 6.06. The monoisotopic (exact) mass is 323 g/mol. The number of hydrogen-bond acceptors (Lipinski definition) is 2. The van der Waals surface area contributed by atoms with Crippen LogP contribution in [-0.2, 0) is 11.0 Å². The topological polar surface area (TPSA) is 20.3 Å². The number of anilines is 1. The molecule has 114 valence electrons. The van der Waals surface area contributed by atoms with Gasteiger partial charge >= 0.3 is 6.18 Å². The molecule has 1 saturated heterocycles. The first-order chi connectivity index (χ1) is 10.4. The van der Waals surface area contributed by atoms with Crippen LogP contribution in [0.4, 0.5) is 18.9 Å². The van der Waals surface area contributed by atoms with Crippen molar-refractivity contribution in [3.63, 3.8) is 0 Å². The number of carbonyl (C=O) groups is 1. The second-order valence-corrected chi connectivity index (χ2v) is 6.48. The van der Waals surface area contributed by atoms with Crippen molar-refractivity contribution in [2.45, 2.75) is 12.6 Å². The summed E-state index contributed by atoms with van der Waals surface area (Å²) >= 11 is 5.43. The Morgan fingerprint density at radius 1 is 1.14 bits per heavy atom. The summed E-state index contributed by atoms with van der Waals surface area (Å²) in [5, 5.41) is 0. The third kappa shape index (κ3) is 1.79. The van der Waals surface area contributed by atoms with Crippen LogP contribution in [0, 0.1) is 23.7 Å². The zero-order valence-electron chi connectivity index (χ0n) is 11.4. The van der Waals surface area contributed by atoms with Gasteiger partial charge in [-0.2, -0.15) is 13.2 Å². The number of alkyl halides is 3. The summed E-state index contributed by atoms with van der Waals surface area (Å²) < 4.78 is 38.6. The fourth-order valence-corrected chi connectivity index (χ4v) is 4.49. The molecule has 1 aromatic carbocycles. The highest BCUT2D eigenvalue weighted by Crippen LogP contribution is 2.53. The fraction of sp³-hybridized carbons (Fsp3) is 0.375. The van der Waals surface area contributed by atoms with Crippen LogP contribution in [0.1, 0.15) is 12.0 Å². The summed E-state index contributed by atoms with van der Waals surface area (Å²) in [6, 6.07) is 4.82. The van der Waals surface area contributed by atoms with E-state index in [0.717, 1.165) is 18.6 Å². The summed E-state index contributed by atoms with van der Waals surface area (Å²) in [6.45, 7) is 0. The van der Waals surface area contributed by atoms with Crippen molar-refractivity contribution in [3.8, 4) is 0 Å². The molecule has 2 unspecified atom stereocenters. The molecule has 1 amide bonds. The Bertz CT molecular complexity index is 682. The van der Waals surface area contributed by atoms with E-state index in [1.807, 2.05) is 6.08 Å². The van der Waals surface area contributed by atoms with Gasteiger partial charge in [0.15, 0.2) is 0 Å². The summed E-state index contributed by atoms with van der Waals surface area (Å²) in [5.74, 6) is 0.0359. The Labute approximate surface area is 130 Å². The molecule has 2 bridgehead atoms. The van der Waals surface area contributed by atoms with Crippen LogP contribution in [-0.4, -0.2) is 10.9 Å². The van der Waals surface area contributed by atoms with Crippen molar-refractivity contribution in [1.82, 2.24) is 0 Å². The maximum Gasteiger partial charge on any atom is 0.416 e. The van der Waals surface area contributed by atoms with Gasteiger partial charge in [-0.3, -0.25) is 9.69 Å². The van der Waals surface area contributed by atoms with Crippen molar-refractivity contribution in [1.29, 1.82) is 0 Å². The van der Waals surface area contributed by atoms with Gasteiger partial charge in [0.1, 0.15) is 0 Å². The molecule has 1 saturated carbocycles. The number of halogens is 3. The Balaban J connectivity index is 1.73. The van der Waals surface area contributed by atoms with Crippen LogP contribution in [0.15, 0.2) is 36.4 Å². The van der Waals surface area contributed by atoms with E-state index in [2.05, 4.69) is 6.08 Å². The highest BCUT2D eigenvalue weighted by Gasteiger charge is 2.57. The zero-order valence-corrected chi connectivity index (χ0v) is 12.2. The van der Waals surface area contributed by atoms with Crippen LogP contribution in [0.25, 0.3) is 0 Å². The minimum absolute atomic E-state index is 0.0351. The van der Waals surface area contributed by atoms with Crippen molar-refractivity contribution in [2.75, 3.05) is 4.90 Å². The minimum atomic E-state index is -4.43. The van der Waals surface area contributed by atoms with Crippen LogP contribution >= 0.6 is 12.2 Å². The van der Waals surface area contributed by atoms with E-state index < -0.39 is 11.7 Å². The number of nitrogens with zero attached hydrogens (tertiary/aromatic N) is 1. The van der Waals surface area contributed by atoms with Gasteiger partial charge in [0, 0.05) is 5.92 Å². The number of benzene rings is 1. The van der Waals surface area contributed by atoms with Gasteiger partial charge in [-0.25, -0.2) is 0 Å². The van der Waals surface area contributed by atoms with Gasteiger partial charge in [0.05, 0.1) is 22.2 Å². The molecule has 0 N–H and O–H groups in total. The van der Waals surface area contributed by atoms with Gasteiger partial charge in [-0.05, 0) is 36.5 Å². The molecule has 1 heterocycles. The first-order valence-corrected chi connectivity index (χ1v) is 7.52. The number of allylic oxidation sites excluding steroid dienone is 2. The summed E-state index contributed by atoms with van der Waals surface area (Å²) in [5.41, 5.74) is -0.544. The molecule has 2 nitrogen and oxygen atoms in total. The third-order valence-corrected chi connectivity index (χ3v) is 5.36. The Kier molecular flexibility index (Phi) is 2.79. The number of thiocarbonyl (C=S) groups is 1.